The lowest BCUT2D eigenvalue weighted by atomic mass is 10.3. The maximum atomic E-state index is 5.75. The van der Waals surface area contributed by atoms with Crippen LogP contribution < -0.4 is 5.73 Å². The molecule has 1 saturated carbocycles. The minimum Gasteiger partial charge on any atom is -0.376 e. The lowest BCUT2D eigenvalue weighted by molar-refractivity contribution is 0.0351. The monoisotopic (exact) mass is 254 g/mol. The number of ether oxygens (including phenoxy) is 1. The second-order valence-electron chi connectivity index (χ2n) is 4.55. The highest BCUT2D eigenvalue weighted by atomic mass is 32.1. The van der Waals surface area contributed by atoms with Crippen molar-refractivity contribution in [3.05, 3.63) is 22.4 Å². The Labute approximate surface area is 108 Å². The van der Waals surface area contributed by atoms with E-state index in [1.807, 2.05) is 18.3 Å². The molecule has 0 radical (unpaired) electrons. The van der Waals surface area contributed by atoms with Crippen molar-refractivity contribution in [2.45, 2.75) is 38.5 Å². The largest absolute Gasteiger partial charge is 0.376 e. The van der Waals surface area contributed by atoms with Crippen LogP contribution in [-0.2, 0) is 11.3 Å². The molecule has 0 spiro atoms. The molecular weight excluding hydrogens is 232 g/mol. The molecule has 17 heavy (non-hydrogen) atoms. The van der Waals surface area contributed by atoms with E-state index in [0.29, 0.717) is 6.54 Å². The summed E-state index contributed by atoms with van der Waals surface area (Å²) in [5.41, 5.74) is 5.75. The number of hydrogen-bond donors (Lipinski definition) is 1. The highest BCUT2D eigenvalue weighted by Crippen LogP contribution is 2.29. The van der Waals surface area contributed by atoms with Crippen LogP contribution in [0.4, 0.5) is 0 Å². The van der Waals surface area contributed by atoms with Crippen molar-refractivity contribution < 1.29 is 4.74 Å². The van der Waals surface area contributed by atoms with Crippen molar-refractivity contribution >= 4 is 11.3 Å². The molecule has 0 amide bonds. The molecule has 1 unspecified atom stereocenters. The fourth-order valence-electron chi connectivity index (χ4n) is 2.08. The molecule has 2 N–H and O–H groups in total. The quantitative estimate of drug-likeness (QED) is 0.772. The van der Waals surface area contributed by atoms with Gasteiger partial charge in [0.1, 0.15) is 0 Å². The summed E-state index contributed by atoms with van der Waals surface area (Å²) in [5.74, 6) is 0. The molecule has 0 saturated heterocycles. The van der Waals surface area contributed by atoms with Crippen LogP contribution in [0.15, 0.2) is 17.5 Å². The van der Waals surface area contributed by atoms with Gasteiger partial charge < -0.3 is 10.5 Å². The van der Waals surface area contributed by atoms with E-state index in [4.69, 9.17) is 10.5 Å². The van der Waals surface area contributed by atoms with Crippen molar-refractivity contribution in [3.63, 3.8) is 0 Å². The van der Waals surface area contributed by atoms with Gasteiger partial charge in [-0.15, -0.1) is 11.3 Å². The summed E-state index contributed by atoms with van der Waals surface area (Å²) in [4.78, 5) is 3.96. The molecule has 4 heteroatoms. The van der Waals surface area contributed by atoms with E-state index in [-0.39, 0.29) is 6.10 Å². The summed E-state index contributed by atoms with van der Waals surface area (Å²) in [6.45, 7) is 5.41. The van der Waals surface area contributed by atoms with Crippen LogP contribution in [0.2, 0.25) is 0 Å². The van der Waals surface area contributed by atoms with Crippen molar-refractivity contribution in [3.8, 4) is 0 Å². The van der Waals surface area contributed by atoms with E-state index in [1.54, 1.807) is 0 Å². The summed E-state index contributed by atoms with van der Waals surface area (Å²) >= 11 is 1.83. The van der Waals surface area contributed by atoms with Crippen LogP contribution in [0, 0.1) is 0 Å². The van der Waals surface area contributed by atoms with Gasteiger partial charge in [0, 0.05) is 37.2 Å². The van der Waals surface area contributed by atoms with Crippen molar-refractivity contribution in [1.29, 1.82) is 0 Å². The molecule has 1 aliphatic rings. The highest BCUT2D eigenvalue weighted by molar-refractivity contribution is 7.09. The van der Waals surface area contributed by atoms with E-state index >= 15 is 0 Å². The molecule has 1 atom stereocenters. The Morgan fingerprint density at radius 2 is 2.41 bits per heavy atom. The van der Waals surface area contributed by atoms with Gasteiger partial charge in [-0.3, -0.25) is 4.90 Å². The predicted molar refractivity (Wildman–Crippen MR) is 72.2 cm³/mol. The summed E-state index contributed by atoms with van der Waals surface area (Å²) in [7, 11) is 0. The summed E-state index contributed by atoms with van der Waals surface area (Å²) in [6.07, 6.45) is 2.84. The van der Waals surface area contributed by atoms with Crippen LogP contribution in [0.5, 0.6) is 0 Å². The third-order valence-electron chi connectivity index (χ3n) is 3.11. The normalized spacial score (nSPS) is 17.6. The first-order valence-corrected chi connectivity index (χ1v) is 7.29. The maximum absolute atomic E-state index is 5.75. The second-order valence-corrected chi connectivity index (χ2v) is 5.59. The Morgan fingerprint density at radius 3 is 2.94 bits per heavy atom. The molecule has 0 bridgehead atoms. The fraction of sp³-hybridized carbons (Fsp3) is 0.692. The molecule has 1 aromatic heterocycles. The number of thiophene rings is 1. The Bertz CT molecular complexity index is 311. The lowest BCUT2D eigenvalue weighted by Gasteiger charge is -2.26. The van der Waals surface area contributed by atoms with Gasteiger partial charge in [-0.05, 0) is 31.2 Å². The fourth-order valence-corrected chi connectivity index (χ4v) is 2.81. The van der Waals surface area contributed by atoms with Crippen LogP contribution in [0.25, 0.3) is 0 Å². The molecule has 1 aliphatic carbocycles. The van der Waals surface area contributed by atoms with Gasteiger partial charge >= 0.3 is 0 Å². The number of hydrogen-bond acceptors (Lipinski definition) is 4. The standard InChI is InChI=1S/C13H22N2OS/c1-2-16-12(8-14)9-15(11-5-6-11)10-13-4-3-7-17-13/h3-4,7,11-12H,2,5-6,8-10,14H2,1H3. The Hall–Kier alpha value is -0.420. The van der Waals surface area contributed by atoms with Gasteiger partial charge in [-0.1, -0.05) is 6.07 Å². The van der Waals surface area contributed by atoms with Gasteiger partial charge in [-0.2, -0.15) is 0 Å². The molecule has 1 fully saturated rings. The van der Waals surface area contributed by atoms with Crippen molar-refractivity contribution in [2.75, 3.05) is 19.7 Å². The summed E-state index contributed by atoms with van der Waals surface area (Å²) < 4.78 is 5.66. The molecule has 0 aliphatic heterocycles. The minimum absolute atomic E-state index is 0.181. The average Bonchev–Trinajstić information content (AvgIpc) is 3.06. The van der Waals surface area contributed by atoms with E-state index in [9.17, 15) is 0 Å². The molecule has 2 rings (SSSR count). The first kappa shape index (κ1) is 13.0. The smallest absolute Gasteiger partial charge is 0.0823 e. The number of nitrogens with zero attached hydrogens (tertiary/aromatic N) is 1. The summed E-state index contributed by atoms with van der Waals surface area (Å²) in [6, 6.07) is 5.08. The average molecular weight is 254 g/mol. The second kappa shape index (κ2) is 6.50. The van der Waals surface area contributed by atoms with E-state index in [1.165, 1.54) is 17.7 Å². The molecule has 3 nitrogen and oxygen atoms in total. The first-order chi connectivity index (χ1) is 8.33. The van der Waals surface area contributed by atoms with Gasteiger partial charge in [0.25, 0.3) is 0 Å². The zero-order valence-corrected chi connectivity index (χ0v) is 11.3. The minimum atomic E-state index is 0.181. The highest BCUT2D eigenvalue weighted by Gasteiger charge is 2.30. The Balaban J connectivity index is 1.88. The van der Waals surface area contributed by atoms with Crippen LogP contribution in [0.1, 0.15) is 24.6 Å². The van der Waals surface area contributed by atoms with Gasteiger partial charge in [0.15, 0.2) is 0 Å². The van der Waals surface area contributed by atoms with E-state index in [2.05, 4.69) is 22.4 Å². The van der Waals surface area contributed by atoms with Crippen LogP contribution in [0.3, 0.4) is 0 Å². The number of nitrogens with two attached hydrogens (primary N) is 1. The first-order valence-electron chi connectivity index (χ1n) is 6.41. The zero-order chi connectivity index (χ0) is 12.1. The molecule has 1 heterocycles. The van der Waals surface area contributed by atoms with Crippen LogP contribution in [-0.4, -0.2) is 36.7 Å². The Kier molecular flexibility index (Phi) is 4.98. The zero-order valence-electron chi connectivity index (χ0n) is 10.5. The third kappa shape index (κ3) is 4.07. The van der Waals surface area contributed by atoms with E-state index in [0.717, 1.165) is 25.7 Å². The molecular formula is C13H22N2OS. The van der Waals surface area contributed by atoms with Crippen LogP contribution >= 0.6 is 11.3 Å². The molecule has 96 valence electrons. The van der Waals surface area contributed by atoms with E-state index < -0.39 is 0 Å². The number of rotatable bonds is 8. The molecule has 0 aromatic carbocycles. The topological polar surface area (TPSA) is 38.5 Å². The Morgan fingerprint density at radius 1 is 1.59 bits per heavy atom. The summed E-state index contributed by atoms with van der Waals surface area (Å²) in [5, 5.41) is 2.14. The lowest BCUT2D eigenvalue weighted by Crippen LogP contribution is -2.39. The van der Waals surface area contributed by atoms with Gasteiger partial charge in [0.05, 0.1) is 6.10 Å². The van der Waals surface area contributed by atoms with Crippen molar-refractivity contribution in [2.24, 2.45) is 5.73 Å². The van der Waals surface area contributed by atoms with Crippen molar-refractivity contribution in [1.82, 2.24) is 4.90 Å². The predicted octanol–water partition coefficient (Wildman–Crippen LogP) is 2.08. The maximum Gasteiger partial charge on any atom is 0.0823 e. The SMILES string of the molecule is CCOC(CN)CN(Cc1cccs1)C1CC1. The third-order valence-corrected chi connectivity index (χ3v) is 3.97. The molecule has 1 aromatic rings. The van der Waals surface area contributed by atoms with Gasteiger partial charge in [-0.25, -0.2) is 0 Å². The van der Waals surface area contributed by atoms with Gasteiger partial charge in [0.2, 0.25) is 0 Å².